The van der Waals surface area contributed by atoms with Gasteiger partial charge in [-0.15, -0.1) is 11.8 Å². The summed E-state index contributed by atoms with van der Waals surface area (Å²) in [6.45, 7) is 2.69. The molecule has 0 aliphatic rings. The number of hydrogen-bond acceptors (Lipinski definition) is 3. The molecule has 0 unspecified atom stereocenters. The summed E-state index contributed by atoms with van der Waals surface area (Å²) in [6, 6.07) is 10.2. The molecule has 0 aliphatic heterocycles. The van der Waals surface area contributed by atoms with Gasteiger partial charge in [-0.3, -0.25) is 4.79 Å². The van der Waals surface area contributed by atoms with Gasteiger partial charge in [-0.25, -0.2) is 9.37 Å². The number of rotatable bonds is 8. The van der Waals surface area contributed by atoms with Gasteiger partial charge in [-0.1, -0.05) is 19.1 Å². The van der Waals surface area contributed by atoms with Crippen LogP contribution < -0.4 is 5.32 Å². The van der Waals surface area contributed by atoms with E-state index in [1.54, 1.807) is 30.1 Å². The van der Waals surface area contributed by atoms with Crippen molar-refractivity contribution in [2.24, 2.45) is 0 Å². The van der Waals surface area contributed by atoms with Crippen LogP contribution in [0.1, 0.15) is 35.7 Å². The predicted molar refractivity (Wildman–Crippen MR) is 92.3 cm³/mol. The monoisotopic (exact) mass is 332 g/mol. The molecule has 0 saturated carbocycles. The molecule has 2 rings (SSSR count). The molecule has 0 radical (unpaired) electrons. The molecule has 122 valence electrons. The zero-order valence-corrected chi connectivity index (χ0v) is 14.0. The minimum absolute atomic E-state index is 0.0685. The van der Waals surface area contributed by atoms with Crippen LogP contribution in [0.4, 0.5) is 4.39 Å². The Labute approximate surface area is 140 Å². The van der Waals surface area contributed by atoms with Crippen LogP contribution in [0.25, 0.3) is 0 Å². The smallest absolute Gasteiger partial charge is 0.254 e. The first-order chi connectivity index (χ1) is 11.2. The zero-order chi connectivity index (χ0) is 16.5. The lowest BCUT2D eigenvalue weighted by Gasteiger charge is -2.08. The largest absolute Gasteiger partial charge is 0.352 e. The lowest BCUT2D eigenvalue weighted by Crippen LogP contribution is -2.24. The molecule has 0 atom stereocenters. The van der Waals surface area contributed by atoms with Crippen molar-refractivity contribution in [1.82, 2.24) is 10.3 Å². The van der Waals surface area contributed by atoms with Gasteiger partial charge in [0.1, 0.15) is 10.8 Å². The summed E-state index contributed by atoms with van der Waals surface area (Å²) in [6.07, 6.45) is 4.45. The first-order valence-electron chi connectivity index (χ1n) is 7.81. The van der Waals surface area contributed by atoms with Crippen molar-refractivity contribution in [2.75, 3.05) is 12.3 Å². The Morgan fingerprint density at radius 2 is 2.04 bits per heavy atom. The Morgan fingerprint density at radius 1 is 1.26 bits per heavy atom. The molecule has 1 amide bonds. The molecule has 0 spiro atoms. The first-order valence-corrected chi connectivity index (χ1v) is 8.79. The Hall–Kier alpha value is -1.88. The van der Waals surface area contributed by atoms with Gasteiger partial charge in [-0.05, 0) is 54.8 Å². The number of aryl methyl sites for hydroxylation is 1. The van der Waals surface area contributed by atoms with E-state index in [-0.39, 0.29) is 11.7 Å². The number of carbonyl (C=O) groups excluding carboxylic acids is 1. The van der Waals surface area contributed by atoms with Gasteiger partial charge >= 0.3 is 0 Å². The van der Waals surface area contributed by atoms with Gasteiger partial charge in [0.25, 0.3) is 5.91 Å². The molecule has 2 aromatic rings. The third kappa shape index (κ3) is 5.67. The van der Waals surface area contributed by atoms with Crippen LogP contribution in [-0.4, -0.2) is 23.2 Å². The van der Waals surface area contributed by atoms with E-state index in [2.05, 4.69) is 10.3 Å². The fourth-order valence-electron chi connectivity index (χ4n) is 2.11. The summed E-state index contributed by atoms with van der Waals surface area (Å²) in [5, 5.41) is 3.65. The fraction of sp³-hybridized carbons (Fsp3) is 0.333. The number of halogens is 1. The van der Waals surface area contributed by atoms with E-state index < -0.39 is 0 Å². The minimum Gasteiger partial charge on any atom is -0.352 e. The van der Waals surface area contributed by atoms with E-state index in [9.17, 15) is 9.18 Å². The van der Waals surface area contributed by atoms with Gasteiger partial charge in [0.15, 0.2) is 0 Å². The molecule has 1 aromatic heterocycles. The van der Waals surface area contributed by atoms with E-state index in [0.29, 0.717) is 12.1 Å². The number of carbonyl (C=O) groups is 1. The second-order valence-corrected chi connectivity index (χ2v) is 6.27. The molecular weight excluding hydrogens is 311 g/mol. The predicted octanol–water partition coefficient (Wildman–Crippen LogP) is 4.09. The average molecular weight is 332 g/mol. The molecule has 3 nitrogen and oxygen atoms in total. The highest BCUT2D eigenvalue weighted by atomic mass is 32.2. The Kier molecular flexibility index (Phi) is 7.07. The number of amides is 1. The Morgan fingerprint density at radius 3 is 2.78 bits per heavy atom. The number of thioether (sulfide) groups is 1. The molecule has 0 fully saturated rings. The quantitative estimate of drug-likeness (QED) is 0.585. The third-order valence-electron chi connectivity index (χ3n) is 3.31. The van der Waals surface area contributed by atoms with Crippen LogP contribution in [-0.2, 0) is 6.42 Å². The topological polar surface area (TPSA) is 42.0 Å². The molecule has 0 aliphatic carbocycles. The summed E-state index contributed by atoms with van der Waals surface area (Å²) >= 11 is 1.59. The summed E-state index contributed by atoms with van der Waals surface area (Å²) in [5.41, 5.74) is 1.75. The SMILES string of the molecule is CCCNC(=O)c1cccnc1SCCCc1ccc(F)cc1. The second-order valence-electron chi connectivity index (χ2n) is 5.19. The summed E-state index contributed by atoms with van der Waals surface area (Å²) in [4.78, 5) is 16.4. The van der Waals surface area contributed by atoms with Crippen molar-refractivity contribution in [1.29, 1.82) is 0 Å². The van der Waals surface area contributed by atoms with E-state index in [1.165, 1.54) is 12.1 Å². The second kappa shape index (κ2) is 9.30. The van der Waals surface area contributed by atoms with E-state index >= 15 is 0 Å². The van der Waals surface area contributed by atoms with E-state index in [0.717, 1.165) is 35.6 Å². The van der Waals surface area contributed by atoms with Gasteiger partial charge in [-0.2, -0.15) is 0 Å². The summed E-state index contributed by atoms with van der Waals surface area (Å²) < 4.78 is 12.9. The number of pyridine rings is 1. The first kappa shape index (κ1) is 17.5. The number of benzene rings is 1. The molecule has 0 saturated heterocycles. The summed E-state index contributed by atoms with van der Waals surface area (Å²) in [5.74, 6) is 0.586. The highest BCUT2D eigenvalue weighted by Gasteiger charge is 2.11. The molecule has 1 aromatic carbocycles. The van der Waals surface area contributed by atoms with Crippen LogP contribution in [0.15, 0.2) is 47.6 Å². The van der Waals surface area contributed by atoms with Crippen molar-refractivity contribution in [3.63, 3.8) is 0 Å². The zero-order valence-electron chi connectivity index (χ0n) is 13.2. The maximum atomic E-state index is 12.9. The van der Waals surface area contributed by atoms with Gasteiger partial charge in [0.2, 0.25) is 0 Å². The van der Waals surface area contributed by atoms with E-state index in [4.69, 9.17) is 0 Å². The minimum atomic E-state index is -0.209. The summed E-state index contributed by atoms with van der Waals surface area (Å²) in [7, 11) is 0. The molecule has 0 bridgehead atoms. The van der Waals surface area contributed by atoms with Crippen LogP contribution in [0.3, 0.4) is 0 Å². The van der Waals surface area contributed by atoms with Crippen LogP contribution in [0, 0.1) is 5.82 Å². The van der Waals surface area contributed by atoms with Crippen molar-refractivity contribution in [2.45, 2.75) is 31.2 Å². The van der Waals surface area contributed by atoms with Crippen molar-refractivity contribution >= 4 is 17.7 Å². The van der Waals surface area contributed by atoms with Gasteiger partial charge in [0, 0.05) is 12.7 Å². The highest BCUT2D eigenvalue weighted by molar-refractivity contribution is 7.99. The number of aromatic nitrogens is 1. The lowest BCUT2D eigenvalue weighted by atomic mass is 10.1. The van der Waals surface area contributed by atoms with Gasteiger partial charge < -0.3 is 5.32 Å². The number of hydrogen-bond donors (Lipinski definition) is 1. The lowest BCUT2D eigenvalue weighted by molar-refractivity contribution is 0.0950. The van der Waals surface area contributed by atoms with Crippen LogP contribution in [0.5, 0.6) is 0 Å². The highest BCUT2D eigenvalue weighted by Crippen LogP contribution is 2.21. The molecule has 1 heterocycles. The third-order valence-corrected chi connectivity index (χ3v) is 4.40. The molecular formula is C18H21FN2OS. The standard InChI is InChI=1S/C18H21FN2OS/c1-2-11-20-17(22)16-6-3-12-21-18(16)23-13-4-5-14-7-9-15(19)10-8-14/h3,6-10,12H,2,4-5,11,13H2,1H3,(H,20,22). The Balaban J connectivity index is 1.85. The molecule has 1 N–H and O–H groups in total. The van der Waals surface area contributed by atoms with Crippen molar-refractivity contribution < 1.29 is 9.18 Å². The normalized spacial score (nSPS) is 10.5. The van der Waals surface area contributed by atoms with Crippen molar-refractivity contribution in [3.8, 4) is 0 Å². The molecule has 5 heteroatoms. The fourth-order valence-corrected chi connectivity index (χ4v) is 3.04. The van der Waals surface area contributed by atoms with Crippen LogP contribution >= 0.6 is 11.8 Å². The van der Waals surface area contributed by atoms with Crippen LogP contribution in [0.2, 0.25) is 0 Å². The van der Waals surface area contributed by atoms with Crippen molar-refractivity contribution in [3.05, 3.63) is 59.5 Å². The maximum absolute atomic E-state index is 12.9. The Bertz CT molecular complexity index is 631. The van der Waals surface area contributed by atoms with Gasteiger partial charge in [0.05, 0.1) is 5.56 Å². The number of nitrogens with zero attached hydrogens (tertiary/aromatic N) is 1. The number of nitrogens with one attached hydrogen (secondary N) is 1. The maximum Gasteiger partial charge on any atom is 0.254 e. The average Bonchev–Trinajstić information content (AvgIpc) is 2.58. The molecule has 23 heavy (non-hydrogen) atoms. The van der Waals surface area contributed by atoms with E-state index in [1.807, 2.05) is 19.1 Å².